The summed E-state index contributed by atoms with van der Waals surface area (Å²) in [7, 11) is 0. The van der Waals surface area contributed by atoms with Crippen molar-refractivity contribution in [1.82, 2.24) is 14.8 Å². The van der Waals surface area contributed by atoms with Crippen LogP contribution in [0.2, 0.25) is 0 Å². The predicted molar refractivity (Wildman–Crippen MR) is 80.9 cm³/mol. The summed E-state index contributed by atoms with van der Waals surface area (Å²) >= 11 is 6.85. The molecule has 0 bridgehead atoms. The molecule has 6 heteroatoms. The lowest BCUT2D eigenvalue weighted by molar-refractivity contribution is 0.173. The number of aromatic nitrogens is 3. The second-order valence-corrected chi connectivity index (χ2v) is 6.47. The molecule has 0 amide bonds. The van der Waals surface area contributed by atoms with Crippen LogP contribution in [0.3, 0.4) is 0 Å². The second kappa shape index (κ2) is 6.15. The molecule has 0 aliphatic heterocycles. The van der Waals surface area contributed by atoms with Crippen molar-refractivity contribution in [2.24, 2.45) is 0 Å². The Labute approximate surface area is 129 Å². The van der Waals surface area contributed by atoms with Crippen molar-refractivity contribution in [3.05, 3.63) is 44.9 Å². The minimum atomic E-state index is -0.601. The zero-order valence-corrected chi connectivity index (χ0v) is 13.9. The zero-order chi connectivity index (χ0) is 14.0. The molecule has 19 heavy (non-hydrogen) atoms. The number of aliphatic hydroxyl groups excluding tert-OH is 1. The van der Waals surface area contributed by atoms with E-state index in [1.54, 1.807) is 0 Å². The normalized spacial score (nSPS) is 12.9. The average molecular weight is 389 g/mol. The fraction of sp³-hybridized carbons (Fsp3) is 0.385. The van der Waals surface area contributed by atoms with Crippen LogP contribution in [0.25, 0.3) is 0 Å². The second-order valence-electron chi connectivity index (χ2n) is 4.64. The summed E-state index contributed by atoms with van der Waals surface area (Å²) in [4.78, 5) is 4.22. The maximum absolute atomic E-state index is 10.3. The first kappa shape index (κ1) is 14.7. The highest BCUT2D eigenvalue weighted by atomic mass is 79.9. The van der Waals surface area contributed by atoms with E-state index in [0.717, 1.165) is 20.3 Å². The monoisotopic (exact) mass is 387 g/mol. The lowest BCUT2D eigenvalue weighted by atomic mass is 10.1. The predicted octanol–water partition coefficient (Wildman–Crippen LogP) is 3.66. The summed E-state index contributed by atoms with van der Waals surface area (Å²) in [6.45, 7) is 4.08. The minimum Gasteiger partial charge on any atom is -0.388 e. The number of nitrogens with zero attached hydrogens (tertiary/aromatic N) is 3. The van der Waals surface area contributed by atoms with E-state index in [2.05, 4.69) is 41.9 Å². The highest BCUT2D eigenvalue weighted by molar-refractivity contribution is 9.11. The molecular weight excluding hydrogens is 374 g/mol. The van der Waals surface area contributed by atoms with Gasteiger partial charge in [0.15, 0.2) is 0 Å². The molecule has 1 aromatic carbocycles. The smallest absolute Gasteiger partial charge is 0.138 e. The van der Waals surface area contributed by atoms with Crippen molar-refractivity contribution in [1.29, 1.82) is 0 Å². The Balaban J connectivity index is 2.20. The van der Waals surface area contributed by atoms with Gasteiger partial charge in [0, 0.05) is 21.4 Å². The molecule has 2 rings (SSSR count). The summed E-state index contributed by atoms with van der Waals surface area (Å²) < 4.78 is 3.69. The number of halogens is 2. The molecule has 2 aromatic rings. The third kappa shape index (κ3) is 3.64. The van der Waals surface area contributed by atoms with E-state index in [4.69, 9.17) is 0 Å². The largest absolute Gasteiger partial charge is 0.388 e. The van der Waals surface area contributed by atoms with E-state index in [1.165, 1.54) is 6.33 Å². The van der Waals surface area contributed by atoms with E-state index in [0.29, 0.717) is 6.42 Å². The van der Waals surface area contributed by atoms with Crippen LogP contribution < -0.4 is 0 Å². The van der Waals surface area contributed by atoms with Crippen LogP contribution in [0.5, 0.6) is 0 Å². The highest BCUT2D eigenvalue weighted by Crippen LogP contribution is 2.26. The third-order valence-corrected chi connectivity index (χ3v) is 3.70. The van der Waals surface area contributed by atoms with Gasteiger partial charge in [-0.15, -0.1) is 0 Å². The maximum Gasteiger partial charge on any atom is 0.138 e. The number of aliphatic hydroxyl groups is 1. The first-order chi connectivity index (χ1) is 8.97. The Morgan fingerprint density at radius 3 is 2.42 bits per heavy atom. The Hall–Kier alpha value is -0.720. The topological polar surface area (TPSA) is 50.9 Å². The summed E-state index contributed by atoms with van der Waals surface area (Å²) in [5.41, 5.74) is 0.847. The fourth-order valence-electron chi connectivity index (χ4n) is 1.91. The molecule has 0 saturated carbocycles. The summed E-state index contributed by atoms with van der Waals surface area (Å²) in [6.07, 6.45) is 1.37. The van der Waals surface area contributed by atoms with Crippen LogP contribution in [-0.4, -0.2) is 19.9 Å². The average Bonchev–Trinajstić information content (AvgIpc) is 2.75. The van der Waals surface area contributed by atoms with Gasteiger partial charge >= 0.3 is 0 Å². The number of benzene rings is 1. The van der Waals surface area contributed by atoms with E-state index in [9.17, 15) is 5.11 Å². The Morgan fingerprint density at radius 2 is 1.84 bits per heavy atom. The van der Waals surface area contributed by atoms with Gasteiger partial charge in [-0.05, 0) is 37.6 Å². The molecule has 0 aliphatic carbocycles. The molecule has 1 unspecified atom stereocenters. The molecular formula is C13H15Br2N3O. The van der Waals surface area contributed by atoms with Crippen molar-refractivity contribution >= 4 is 31.9 Å². The van der Waals surface area contributed by atoms with Gasteiger partial charge in [0.1, 0.15) is 12.2 Å². The van der Waals surface area contributed by atoms with Crippen molar-refractivity contribution in [2.75, 3.05) is 0 Å². The summed E-state index contributed by atoms with van der Waals surface area (Å²) in [6, 6.07) is 5.99. The quantitative estimate of drug-likeness (QED) is 0.869. The molecule has 0 spiro atoms. The summed E-state index contributed by atoms with van der Waals surface area (Å²) in [5.74, 6) is 0.790. The molecule has 1 heterocycles. The van der Waals surface area contributed by atoms with Crippen LogP contribution in [0.1, 0.15) is 37.4 Å². The molecule has 1 atom stereocenters. The lowest BCUT2D eigenvalue weighted by Crippen LogP contribution is -2.12. The maximum atomic E-state index is 10.3. The van der Waals surface area contributed by atoms with Gasteiger partial charge in [0.05, 0.1) is 6.10 Å². The van der Waals surface area contributed by atoms with Gasteiger partial charge in [0.25, 0.3) is 0 Å². The molecule has 0 saturated heterocycles. The molecule has 0 fully saturated rings. The fourth-order valence-corrected chi connectivity index (χ4v) is 3.24. The first-order valence-corrected chi connectivity index (χ1v) is 7.58. The van der Waals surface area contributed by atoms with Gasteiger partial charge in [-0.2, -0.15) is 5.10 Å². The van der Waals surface area contributed by atoms with Crippen molar-refractivity contribution in [2.45, 2.75) is 32.4 Å². The molecule has 1 N–H and O–H groups in total. The van der Waals surface area contributed by atoms with Gasteiger partial charge < -0.3 is 5.11 Å². The van der Waals surface area contributed by atoms with Crippen molar-refractivity contribution in [3.8, 4) is 0 Å². The number of hydrogen-bond acceptors (Lipinski definition) is 3. The summed E-state index contributed by atoms with van der Waals surface area (Å²) in [5, 5.41) is 14.5. The van der Waals surface area contributed by atoms with Gasteiger partial charge in [-0.1, -0.05) is 31.9 Å². The van der Waals surface area contributed by atoms with E-state index in [-0.39, 0.29) is 6.04 Å². The molecule has 0 aliphatic rings. The Kier molecular flexibility index (Phi) is 4.76. The Morgan fingerprint density at radius 1 is 1.21 bits per heavy atom. The third-order valence-electron chi connectivity index (χ3n) is 2.78. The van der Waals surface area contributed by atoms with Crippen molar-refractivity contribution in [3.63, 3.8) is 0 Å². The van der Waals surface area contributed by atoms with Gasteiger partial charge in [0.2, 0.25) is 0 Å². The van der Waals surface area contributed by atoms with Crippen LogP contribution in [-0.2, 0) is 6.42 Å². The van der Waals surface area contributed by atoms with E-state index in [1.807, 2.05) is 36.7 Å². The number of hydrogen-bond donors (Lipinski definition) is 1. The Bertz CT molecular complexity index is 549. The SMILES string of the molecule is CC(C)n1ncnc1CC(O)c1cc(Br)cc(Br)c1. The molecule has 4 nitrogen and oxygen atoms in total. The highest BCUT2D eigenvalue weighted by Gasteiger charge is 2.15. The minimum absolute atomic E-state index is 0.235. The van der Waals surface area contributed by atoms with Crippen LogP contribution in [0.4, 0.5) is 0 Å². The molecule has 0 radical (unpaired) electrons. The van der Waals surface area contributed by atoms with Gasteiger partial charge in [-0.3, -0.25) is 0 Å². The van der Waals surface area contributed by atoms with Gasteiger partial charge in [-0.25, -0.2) is 9.67 Å². The van der Waals surface area contributed by atoms with Crippen LogP contribution in [0, 0.1) is 0 Å². The standard InChI is InChI=1S/C13H15Br2N3O/c1-8(2)18-13(16-7-17-18)6-12(19)9-3-10(14)5-11(15)4-9/h3-5,7-8,12,19H,6H2,1-2H3. The molecule has 102 valence electrons. The van der Waals surface area contributed by atoms with Crippen LogP contribution in [0.15, 0.2) is 33.5 Å². The zero-order valence-electron chi connectivity index (χ0n) is 10.7. The lowest BCUT2D eigenvalue weighted by Gasteiger charge is -2.14. The van der Waals surface area contributed by atoms with E-state index < -0.39 is 6.10 Å². The first-order valence-electron chi connectivity index (χ1n) is 6.00. The molecule has 1 aromatic heterocycles. The van der Waals surface area contributed by atoms with Crippen molar-refractivity contribution < 1.29 is 5.11 Å². The van der Waals surface area contributed by atoms with E-state index >= 15 is 0 Å². The van der Waals surface area contributed by atoms with Crippen LogP contribution >= 0.6 is 31.9 Å². The number of rotatable bonds is 4.